The molecule has 2 N–H and O–H groups in total. The summed E-state index contributed by atoms with van der Waals surface area (Å²) >= 11 is 0. The standard InChI is InChI=1S/C28H26N6O2/c29-12-18-3-5-20(6-4-18)27(21-8-10-26(33-14-21)36-17-19-1-2-19)25-11-24(16-32-25)34-28(35)22-7-9-23(13-30)31-15-22/h3-10,14-15,19,24-25,27,32H,1-2,11,16-17H2,(H,34,35). The van der Waals surface area contributed by atoms with Crippen molar-refractivity contribution < 1.29 is 9.53 Å². The molecule has 1 saturated carbocycles. The van der Waals surface area contributed by atoms with Gasteiger partial charge < -0.3 is 15.4 Å². The van der Waals surface area contributed by atoms with Crippen molar-refractivity contribution >= 4 is 5.91 Å². The van der Waals surface area contributed by atoms with Crippen LogP contribution < -0.4 is 15.4 Å². The third kappa shape index (κ3) is 5.51. The van der Waals surface area contributed by atoms with Crippen LogP contribution in [0.15, 0.2) is 60.9 Å². The van der Waals surface area contributed by atoms with Crippen molar-refractivity contribution in [3.05, 3.63) is 88.9 Å². The molecule has 1 aromatic carbocycles. The quantitative estimate of drug-likeness (QED) is 0.509. The highest BCUT2D eigenvalue weighted by Gasteiger charge is 2.33. The number of carbonyl (C=O) groups is 1. The lowest BCUT2D eigenvalue weighted by atomic mass is 9.84. The smallest absolute Gasteiger partial charge is 0.253 e. The minimum absolute atomic E-state index is 0.0128. The van der Waals surface area contributed by atoms with E-state index in [2.05, 4.69) is 26.7 Å². The Morgan fingerprint density at radius 3 is 2.47 bits per heavy atom. The molecular formula is C28H26N6O2. The highest BCUT2D eigenvalue weighted by molar-refractivity contribution is 5.94. The van der Waals surface area contributed by atoms with Crippen molar-refractivity contribution in [2.75, 3.05) is 13.2 Å². The maximum Gasteiger partial charge on any atom is 0.253 e. The Morgan fingerprint density at radius 1 is 1.03 bits per heavy atom. The zero-order valence-corrected chi connectivity index (χ0v) is 19.7. The van der Waals surface area contributed by atoms with Gasteiger partial charge in [-0.15, -0.1) is 0 Å². The first kappa shape index (κ1) is 23.5. The topological polar surface area (TPSA) is 124 Å². The Kier molecular flexibility index (Phi) is 6.88. The molecule has 3 aromatic rings. The van der Waals surface area contributed by atoms with Gasteiger partial charge in [0, 0.05) is 43.0 Å². The van der Waals surface area contributed by atoms with E-state index in [1.165, 1.54) is 25.1 Å². The summed E-state index contributed by atoms with van der Waals surface area (Å²) in [6.07, 6.45) is 6.46. The maximum atomic E-state index is 12.7. The Bertz CT molecular complexity index is 1290. The molecule has 36 heavy (non-hydrogen) atoms. The number of ether oxygens (including phenoxy) is 1. The zero-order chi connectivity index (χ0) is 24.9. The van der Waals surface area contributed by atoms with Crippen LogP contribution in [0, 0.1) is 28.6 Å². The second kappa shape index (κ2) is 10.6. The maximum absolute atomic E-state index is 12.7. The number of hydrogen-bond acceptors (Lipinski definition) is 7. The van der Waals surface area contributed by atoms with Crippen LogP contribution in [0.3, 0.4) is 0 Å². The molecule has 8 nitrogen and oxygen atoms in total. The van der Waals surface area contributed by atoms with Crippen LogP contribution in [0.5, 0.6) is 5.88 Å². The summed E-state index contributed by atoms with van der Waals surface area (Å²) in [4.78, 5) is 21.3. The number of rotatable bonds is 8. The van der Waals surface area contributed by atoms with Crippen molar-refractivity contribution in [3.8, 4) is 18.0 Å². The van der Waals surface area contributed by atoms with E-state index in [4.69, 9.17) is 10.00 Å². The van der Waals surface area contributed by atoms with E-state index in [1.54, 1.807) is 6.07 Å². The predicted octanol–water partition coefficient (Wildman–Crippen LogP) is 3.30. The number of nitrogens with one attached hydrogen (secondary N) is 2. The van der Waals surface area contributed by atoms with Gasteiger partial charge in [0.1, 0.15) is 11.8 Å². The second-order valence-corrected chi connectivity index (χ2v) is 9.36. The average molecular weight is 479 g/mol. The normalized spacial score (nSPS) is 19.6. The molecule has 1 amide bonds. The minimum atomic E-state index is -0.215. The lowest BCUT2D eigenvalue weighted by Gasteiger charge is -2.25. The van der Waals surface area contributed by atoms with Crippen molar-refractivity contribution in [3.63, 3.8) is 0 Å². The lowest BCUT2D eigenvalue weighted by Crippen LogP contribution is -2.36. The van der Waals surface area contributed by atoms with Crippen LogP contribution in [-0.4, -0.2) is 41.1 Å². The van der Waals surface area contributed by atoms with Gasteiger partial charge in [0.15, 0.2) is 0 Å². The second-order valence-electron chi connectivity index (χ2n) is 9.36. The van der Waals surface area contributed by atoms with Crippen molar-refractivity contribution in [1.29, 1.82) is 10.5 Å². The Balaban J connectivity index is 1.31. The molecule has 0 radical (unpaired) electrons. The number of nitrogens with zero attached hydrogens (tertiary/aromatic N) is 4. The minimum Gasteiger partial charge on any atom is -0.477 e. The van der Waals surface area contributed by atoms with Crippen molar-refractivity contribution in [2.24, 2.45) is 5.92 Å². The average Bonchev–Trinajstić information content (AvgIpc) is 3.66. The van der Waals surface area contributed by atoms with Gasteiger partial charge in [-0.25, -0.2) is 9.97 Å². The van der Waals surface area contributed by atoms with Crippen LogP contribution in [0.1, 0.15) is 57.9 Å². The summed E-state index contributed by atoms with van der Waals surface area (Å²) in [5, 5.41) is 24.8. The molecular weight excluding hydrogens is 452 g/mol. The van der Waals surface area contributed by atoms with Crippen LogP contribution in [0.2, 0.25) is 0 Å². The molecule has 180 valence electrons. The van der Waals surface area contributed by atoms with Gasteiger partial charge in [0.2, 0.25) is 5.88 Å². The van der Waals surface area contributed by atoms with E-state index in [9.17, 15) is 10.1 Å². The molecule has 2 fully saturated rings. The molecule has 1 aliphatic heterocycles. The zero-order valence-electron chi connectivity index (χ0n) is 19.7. The predicted molar refractivity (Wildman–Crippen MR) is 132 cm³/mol. The van der Waals surface area contributed by atoms with E-state index in [1.807, 2.05) is 48.7 Å². The van der Waals surface area contributed by atoms with Crippen LogP contribution in [-0.2, 0) is 0 Å². The van der Waals surface area contributed by atoms with Gasteiger partial charge in [0.05, 0.1) is 23.8 Å². The van der Waals surface area contributed by atoms with E-state index in [0.29, 0.717) is 36.1 Å². The van der Waals surface area contributed by atoms with E-state index in [0.717, 1.165) is 17.5 Å². The Hall–Kier alpha value is -4.27. The molecule has 3 heterocycles. The molecule has 0 spiro atoms. The summed E-state index contributed by atoms with van der Waals surface area (Å²) in [6, 6.07) is 18.9. The fraction of sp³-hybridized carbons (Fsp3) is 0.321. The molecule has 1 aliphatic carbocycles. The Labute approximate surface area is 210 Å². The fourth-order valence-electron chi connectivity index (χ4n) is 4.56. The van der Waals surface area contributed by atoms with Gasteiger partial charge in [-0.2, -0.15) is 10.5 Å². The van der Waals surface area contributed by atoms with Gasteiger partial charge in [-0.3, -0.25) is 4.79 Å². The van der Waals surface area contributed by atoms with E-state index < -0.39 is 0 Å². The summed E-state index contributed by atoms with van der Waals surface area (Å²) < 4.78 is 5.81. The number of carbonyl (C=O) groups excluding carboxylic acids is 1. The molecule has 5 rings (SSSR count). The molecule has 8 heteroatoms. The number of benzene rings is 1. The summed E-state index contributed by atoms with van der Waals surface area (Å²) in [7, 11) is 0. The molecule has 2 aliphatic rings. The monoisotopic (exact) mass is 478 g/mol. The molecule has 2 aromatic heterocycles. The number of pyridine rings is 2. The third-order valence-electron chi connectivity index (χ3n) is 6.72. The first-order valence-electron chi connectivity index (χ1n) is 12.1. The van der Waals surface area contributed by atoms with Gasteiger partial charge in [-0.1, -0.05) is 18.2 Å². The third-order valence-corrected chi connectivity index (χ3v) is 6.72. The lowest BCUT2D eigenvalue weighted by molar-refractivity contribution is 0.0939. The number of hydrogen-bond donors (Lipinski definition) is 2. The highest BCUT2D eigenvalue weighted by atomic mass is 16.5. The fourth-order valence-corrected chi connectivity index (χ4v) is 4.56. The largest absolute Gasteiger partial charge is 0.477 e. The number of amides is 1. The summed E-state index contributed by atoms with van der Waals surface area (Å²) in [5.41, 5.74) is 3.42. The van der Waals surface area contributed by atoms with E-state index in [-0.39, 0.29) is 29.6 Å². The first-order valence-corrected chi connectivity index (χ1v) is 12.1. The number of nitriles is 2. The van der Waals surface area contributed by atoms with Crippen LogP contribution in [0.25, 0.3) is 0 Å². The first-order chi connectivity index (χ1) is 17.6. The summed E-state index contributed by atoms with van der Waals surface area (Å²) in [6.45, 7) is 1.34. The van der Waals surface area contributed by atoms with Gasteiger partial charge in [0.25, 0.3) is 5.91 Å². The van der Waals surface area contributed by atoms with Gasteiger partial charge >= 0.3 is 0 Å². The van der Waals surface area contributed by atoms with Crippen molar-refractivity contribution in [2.45, 2.75) is 37.3 Å². The summed E-state index contributed by atoms with van der Waals surface area (Å²) in [5.74, 6) is 1.06. The molecule has 1 saturated heterocycles. The van der Waals surface area contributed by atoms with Gasteiger partial charge in [-0.05, 0) is 60.6 Å². The van der Waals surface area contributed by atoms with E-state index >= 15 is 0 Å². The SMILES string of the molecule is N#Cc1ccc(C(c2ccc(OCC3CC3)nc2)C2CC(NC(=O)c3ccc(C#N)nc3)CN2)cc1. The Morgan fingerprint density at radius 2 is 1.83 bits per heavy atom. The molecule has 3 atom stereocenters. The number of aromatic nitrogens is 2. The van der Waals surface area contributed by atoms with Crippen LogP contribution in [0.4, 0.5) is 0 Å². The van der Waals surface area contributed by atoms with Crippen LogP contribution >= 0.6 is 0 Å². The van der Waals surface area contributed by atoms with Crippen molar-refractivity contribution in [1.82, 2.24) is 20.6 Å². The highest BCUT2D eigenvalue weighted by Crippen LogP contribution is 2.33. The molecule has 0 bridgehead atoms. The molecule has 3 unspecified atom stereocenters.